The Morgan fingerprint density at radius 3 is 3.09 bits per heavy atom. The van der Waals surface area contributed by atoms with Crippen LogP contribution in [0.3, 0.4) is 0 Å². The molecule has 1 atom stereocenters. The number of aromatic nitrogens is 2. The maximum atomic E-state index is 5.93. The molecule has 0 radical (unpaired) electrons. The Morgan fingerprint density at radius 2 is 2.23 bits per heavy atom. The molecule has 1 aliphatic rings. The summed E-state index contributed by atoms with van der Waals surface area (Å²) >= 11 is 0. The Morgan fingerprint density at radius 1 is 1.32 bits per heavy atom. The first-order valence-corrected chi connectivity index (χ1v) is 7.60. The summed E-state index contributed by atoms with van der Waals surface area (Å²) in [5, 5.41) is 1.10. The highest BCUT2D eigenvalue weighted by Crippen LogP contribution is 2.27. The van der Waals surface area contributed by atoms with E-state index in [1.807, 2.05) is 36.7 Å². The highest BCUT2D eigenvalue weighted by atomic mass is 16.5. The number of rotatable bonds is 3. The molecule has 0 aliphatic carbocycles. The van der Waals surface area contributed by atoms with Crippen molar-refractivity contribution in [2.75, 3.05) is 26.7 Å². The Hall–Kier alpha value is -2.11. The molecule has 0 spiro atoms. The monoisotopic (exact) mass is 297 g/mol. The van der Waals surface area contributed by atoms with E-state index in [0.29, 0.717) is 0 Å². The smallest absolute Gasteiger partial charge is 0.176 e. The van der Waals surface area contributed by atoms with Crippen molar-refractivity contribution < 1.29 is 9.15 Å². The summed E-state index contributed by atoms with van der Waals surface area (Å²) in [7, 11) is 2.13. The minimum Gasteiger partial charge on any atom is -0.453 e. The number of morpholine rings is 1. The predicted octanol–water partition coefficient (Wildman–Crippen LogP) is 2.63. The molecule has 0 amide bonds. The third-order valence-corrected chi connectivity index (χ3v) is 4.10. The molecule has 1 unspecified atom stereocenters. The number of benzene rings is 1. The summed E-state index contributed by atoms with van der Waals surface area (Å²) in [6, 6.07) is 10.1. The van der Waals surface area contributed by atoms with Crippen molar-refractivity contribution in [1.82, 2.24) is 14.5 Å². The number of imidazole rings is 1. The quantitative estimate of drug-likeness (QED) is 0.745. The van der Waals surface area contributed by atoms with Crippen LogP contribution in [-0.4, -0.2) is 47.3 Å². The summed E-state index contributed by atoms with van der Waals surface area (Å²) < 4.78 is 13.9. The molecule has 4 rings (SSSR count). The van der Waals surface area contributed by atoms with Crippen LogP contribution in [0.25, 0.3) is 22.6 Å². The lowest BCUT2D eigenvalue weighted by Crippen LogP contribution is -2.41. The SMILES string of the molecule is CN1CCOC(Cn2ccnc2-c2cc3ccccc3o2)C1. The number of nitrogens with zero attached hydrogens (tertiary/aromatic N) is 3. The van der Waals surface area contributed by atoms with E-state index < -0.39 is 0 Å². The van der Waals surface area contributed by atoms with Crippen LogP contribution in [0.4, 0.5) is 0 Å². The molecule has 5 heteroatoms. The van der Waals surface area contributed by atoms with Crippen molar-refractivity contribution in [1.29, 1.82) is 0 Å². The lowest BCUT2D eigenvalue weighted by Gasteiger charge is -2.30. The molecule has 2 aromatic heterocycles. The van der Waals surface area contributed by atoms with Gasteiger partial charge in [0.05, 0.1) is 19.3 Å². The van der Waals surface area contributed by atoms with Gasteiger partial charge in [0.2, 0.25) is 0 Å². The third-order valence-electron chi connectivity index (χ3n) is 4.10. The molecule has 22 heavy (non-hydrogen) atoms. The summed E-state index contributed by atoms with van der Waals surface area (Å²) in [4.78, 5) is 6.76. The minimum atomic E-state index is 0.191. The lowest BCUT2D eigenvalue weighted by molar-refractivity contribution is -0.0272. The third kappa shape index (κ3) is 2.53. The molecular weight excluding hydrogens is 278 g/mol. The molecule has 114 valence electrons. The molecule has 3 aromatic rings. The second kappa shape index (κ2) is 5.59. The molecule has 1 aromatic carbocycles. The normalized spacial score (nSPS) is 19.8. The van der Waals surface area contributed by atoms with Crippen LogP contribution in [0.15, 0.2) is 47.1 Å². The summed E-state index contributed by atoms with van der Waals surface area (Å²) in [6.45, 7) is 3.52. The molecule has 0 bridgehead atoms. The zero-order valence-electron chi connectivity index (χ0n) is 12.6. The topological polar surface area (TPSA) is 43.4 Å². The van der Waals surface area contributed by atoms with Crippen molar-refractivity contribution in [2.45, 2.75) is 12.6 Å². The lowest BCUT2D eigenvalue weighted by atomic mass is 10.2. The molecule has 1 aliphatic heterocycles. The number of fused-ring (bicyclic) bond motifs is 1. The van der Waals surface area contributed by atoms with Gasteiger partial charge in [-0.05, 0) is 19.2 Å². The second-order valence-corrected chi connectivity index (χ2v) is 5.81. The molecule has 5 nitrogen and oxygen atoms in total. The van der Waals surface area contributed by atoms with Gasteiger partial charge in [-0.2, -0.15) is 0 Å². The van der Waals surface area contributed by atoms with Crippen molar-refractivity contribution in [3.05, 3.63) is 42.7 Å². The van der Waals surface area contributed by atoms with Crippen LogP contribution < -0.4 is 0 Å². The second-order valence-electron chi connectivity index (χ2n) is 5.81. The van der Waals surface area contributed by atoms with E-state index in [0.717, 1.165) is 48.8 Å². The fourth-order valence-corrected chi connectivity index (χ4v) is 2.97. The first-order valence-electron chi connectivity index (χ1n) is 7.60. The van der Waals surface area contributed by atoms with Gasteiger partial charge in [0.15, 0.2) is 11.6 Å². The zero-order chi connectivity index (χ0) is 14.9. The molecule has 0 N–H and O–H groups in total. The van der Waals surface area contributed by atoms with Crippen molar-refractivity contribution in [2.24, 2.45) is 0 Å². The minimum absolute atomic E-state index is 0.191. The van der Waals surface area contributed by atoms with Crippen LogP contribution in [-0.2, 0) is 11.3 Å². The van der Waals surface area contributed by atoms with Gasteiger partial charge < -0.3 is 18.6 Å². The van der Waals surface area contributed by atoms with Crippen molar-refractivity contribution in [3.63, 3.8) is 0 Å². The fraction of sp³-hybridized carbons (Fsp3) is 0.353. The molecule has 1 fully saturated rings. The Bertz CT molecular complexity index is 744. The highest BCUT2D eigenvalue weighted by molar-refractivity contribution is 5.81. The average molecular weight is 297 g/mol. The Kier molecular flexibility index (Phi) is 3.44. The maximum Gasteiger partial charge on any atom is 0.176 e. The van der Waals surface area contributed by atoms with E-state index in [-0.39, 0.29) is 6.10 Å². The summed E-state index contributed by atoms with van der Waals surface area (Å²) in [5.41, 5.74) is 0.890. The van der Waals surface area contributed by atoms with Gasteiger partial charge in [-0.25, -0.2) is 4.98 Å². The van der Waals surface area contributed by atoms with E-state index in [9.17, 15) is 0 Å². The fourth-order valence-electron chi connectivity index (χ4n) is 2.97. The van der Waals surface area contributed by atoms with Crippen LogP contribution >= 0.6 is 0 Å². The van der Waals surface area contributed by atoms with E-state index in [1.54, 1.807) is 0 Å². The maximum absolute atomic E-state index is 5.93. The summed E-state index contributed by atoms with van der Waals surface area (Å²) in [5.74, 6) is 1.66. The van der Waals surface area contributed by atoms with Gasteiger partial charge in [-0.1, -0.05) is 18.2 Å². The van der Waals surface area contributed by atoms with Gasteiger partial charge in [0.1, 0.15) is 5.58 Å². The average Bonchev–Trinajstić information content (AvgIpc) is 3.13. The highest BCUT2D eigenvalue weighted by Gasteiger charge is 2.20. The Labute approximate surface area is 129 Å². The van der Waals surface area contributed by atoms with Gasteiger partial charge in [0.25, 0.3) is 0 Å². The van der Waals surface area contributed by atoms with Crippen molar-refractivity contribution >= 4 is 11.0 Å². The summed E-state index contributed by atoms with van der Waals surface area (Å²) in [6.07, 6.45) is 3.99. The van der Waals surface area contributed by atoms with Gasteiger partial charge in [0, 0.05) is 30.9 Å². The number of hydrogen-bond acceptors (Lipinski definition) is 4. The number of para-hydroxylation sites is 1. The van der Waals surface area contributed by atoms with E-state index in [1.165, 1.54) is 0 Å². The number of furan rings is 1. The van der Waals surface area contributed by atoms with Crippen LogP contribution in [0.5, 0.6) is 0 Å². The molecule has 0 saturated carbocycles. The van der Waals surface area contributed by atoms with Gasteiger partial charge in [-0.3, -0.25) is 0 Å². The largest absolute Gasteiger partial charge is 0.453 e. The molecular formula is C17H19N3O2. The standard InChI is InChI=1S/C17H19N3O2/c1-19-8-9-21-14(11-19)12-20-7-6-18-17(20)16-10-13-4-2-3-5-15(13)22-16/h2-7,10,14H,8-9,11-12H2,1H3. The van der Waals surface area contributed by atoms with E-state index in [4.69, 9.17) is 9.15 Å². The van der Waals surface area contributed by atoms with E-state index in [2.05, 4.69) is 27.6 Å². The zero-order valence-corrected chi connectivity index (χ0v) is 12.6. The van der Waals surface area contributed by atoms with Gasteiger partial charge in [-0.15, -0.1) is 0 Å². The molecule has 1 saturated heterocycles. The Balaban J connectivity index is 1.61. The van der Waals surface area contributed by atoms with Crippen molar-refractivity contribution in [3.8, 4) is 11.6 Å². The van der Waals surface area contributed by atoms with Crippen LogP contribution in [0.1, 0.15) is 0 Å². The first-order chi connectivity index (χ1) is 10.8. The van der Waals surface area contributed by atoms with E-state index >= 15 is 0 Å². The van der Waals surface area contributed by atoms with Crippen LogP contribution in [0, 0.1) is 0 Å². The van der Waals surface area contributed by atoms with Crippen LogP contribution in [0.2, 0.25) is 0 Å². The van der Waals surface area contributed by atoms with Gasteiger partial charge >= 0.3 is 0 Å². The number of hydrogen-bond donors (Lipinski definition) is 0. The first kappa shape index (κ1) is 13.5. The predicted molar refractivity (Wildman–Crippen MR) is 84.7 cm³/mol. The number of ether oxygens (including phenoxy) is 1. The molecule has 3 heterocycles. The number of likely N-dealkylation sites (N-methyl/N-ethyl adjacent to an activating group) is 1.